The predicted molar refractivity (Wildman–Crippen MR) is 116 cm³/mol. The minimum atomic E-state index is -0.0816. The second kappa shape index (κ2) is 9.52. The van der Waals surface area contributed by atoms with Crippen molar-refractivity contribution >= 4 is 46.3 Å². The van der Waals surface area contributed by atoms with E-state index >= 15 is 0 Å². The maximum absolute atomic E-state index is 12.2. The van der Waals surface area contributed by atoms with E-state index < -0.39 is 0 Å². The maximum Gasteiger partial charge on any atom is 0.231 e. The van der Waals surface area contributed by atoms with Crippen molar-refractivity contribution in [2.45, 2.75) is 30.9 Å². The van der Waals surface area contributed by atoms with Crippen molar-refractivity contribution in [3.8, 4) is 0 Å². The lowest BCUT2D eigenvalue weighted by Gasteiger charge is -2.04. The molecule has 0 unspecified atom stereocenters. The smallest absolute Gasteiger partial charge is 0.231 e. The largest absolute Gasteiger partial charge is 0.326 e. The molecule has 0 fully saturated rings. The van der Waals surface area contributed by atoms with E-state index in [-0.39, 0.29) is 18.2 Å². The van der Waals surface area contributed by atoms with Crippen LogP contribution in [0.1, 0.15) is 23.2 Å². The van der Waals surface area contributed by atoms with Crippen LogP contribution in [-0.4, -0.2) is 16.8 Å². The fraction of sp³-hybridized carbons (Fsp3) is 0.190. The van der Waals surface area contributed by atoms with E-state index in [0.717, 1.165) is 38.3 Å². The van der Waals surface area contributed by atoms with Gasteiger partial charge in [-0.25, -0.2) is 4.98 Å². The van der Waals surface area contributed by atoms with E-state index in [9.17, 15) is 9.59 Å². The van der Waals surface area contributed by atoms with Crippen LogP contribution in [0.25, 0.3) is 0 Å². The Morgan fingerprint density at radius 2 is 1.64 bits per heavy atom. The number of carbonyl (C=O) groups is 2. The van der Waals surface area contributed by atoms with Crippen LogP contribution < -0.4 is 10.6 Å². The summed E-state index contributed by atoms with van der Waals surface area (Å²) >= 11 is 3.17. The van der Waals surface area contributed by atoms with Crippen LogP contribution in [0.5, 0.6) is 0 Å². The van der Waals surface area contributed by atoms with E-state index in [0.29, 0.717) is 0 Å². The molecule has 0 atom stereocenters. The van der Waals surface area contributed by atoms with E-state index in [1.165, 1.54) is 18.3 Å². The molecule has 2 N–H and O–H groups in total. The Morgan fingerprint density at radius 3 is 2.32 bits per heavy atom. The Morgan fingerprint density at radius 1 is 1.00 bits per heavy atom. The van der Waals surface area contributed by atoms with Crippen molar-refractivity contribution in [2.24, 2.45) is 0 Å². The SMILES string of the molecule is CC(=O)Nc1ccc(SCc2csc(CC(=O)Nc3ccc(C)cc3)n2)cc1. The molecule has 0 aliphatic heterocycles. The van der Waals surface area contributed by atoms with Gasteiger partial charge in [-0.1, -0.05) is 17.7 Å². The molecule has 1 heterocycles. The highest BCUT2D eigenvalue weighted by atomic mass is 32.2. The number of rotatable bonds is 7. The number of thioether (sulfide) groups is 1. The van der Waals surface area contributed by atoms with Crippen LogP contribution in [0, 0.1) is 6.92 Å². The number of aromatic nitrogens is 1. The van der Waals surface area contributed by atoms with Gasteiger partial charge in [0, 0.05) is 34.3 Å². The van der Waals surface area contributed by atoms with Crippen LogP contribution in [0.2, 0.25) is 0 Å². The first kappa shape index (κ1) is 20.1. The minimum absolute atomic E-state index is 0.0639. The molecule has 0 radical (unpaired) electrons. The number of hydrogen-bond donors (Lipinski definition) is 2. The number of hydrogen-bond acceptors (Lipinski definition) is 5. The van der Waals surface area contributed by atoms with Gasteiger partial charge in [-0.15, -0.1) is 23.1 Å². The first-order valence-corrected chi connectivity index (χ1v) is 10.6. The number of anilines is 2. The summed E-state index contributed by atoms with van der Waals surface area (Å²) in [5, 5.41) is 8.45. The Kier molecular flexibility index (Phi) is 6.84. The van der Waals surface area contributed by atoms with Gasteiger partial charge in [0.05, 0.1) is 12.1 Å². The average molecular weight is 412 g/mol. The summed E-state index contributed by atoms with van der Waals surface area (Å²) in [5.74, 6) is 0.586. The van der Waals surface area contributed by atoms with Gasteiger partial charge in [-0.3, -0.25) is 9.59 Å². The molecule has 28 heavy (non-hydrogen) atoms. The molecule has 1 aromatic heterocycles. The Bertz CT molecular complexity index is 951. The molecule has 0 saturated heterocycles. The minimum Gasteiger partial charge on any atom is -0.326 e. The summed E-state index contributed by atoms with van der Waals surface area (Å²) < 4.78 is 0. The first-order valence-electron chi connectivity index (χ1n) is 8.78. The van der Waals surface area contributed by atoms with Gasteiger partial charge in [0.25, 0.3) is 0 Å². The normalized spacial score (nSPS) is 10.5. The van der Waals surface area contributed by atoms with E-state index in [1.807, 2.05) is 60.8 Å². The Labute approximate surface area is 172 Å². The molecule has 0 aliphatic rings. The number of thiazole rings is 1. The lowest BCUT2D eigenvalue weighted by molar-refractivity contribution is -0.116. The highest BCUT2D eigenvalue weighted by Gasteiger charge is 2.09. The van der Waals surface area contributed by atoms with Crippen molar-refractivity contribution in [1.29, 1.82) is 0 Å². The van der Waals surface area contributed by atoms with Crippen molar-refractivity contribution < 1.29 is 9.59 Å². The van der Waals surface area contributed by atoms with Gasteiger partial charge in [0.1, 0.15) is 5.01 Å². The van der Waals surface area contributed by atoms with Gasteiger partial charge in [-0.2, -0.15) is 0 Å². The second-order valence-corrected chi connectivity index (χ2v) is 8.31. The van der Waals surface area contributed by atoms with Crippen molar-refractivity contribution in [3.05, 3.63) is 70.2 Å². The number of nitrogens with zero attached hydrogens (tertiary/aromatic N) is 1. The monoisotopic (exact) mass is 411 g/mol. The molecular formula is C21H21N3O2S2. The third kappa shape index (κ3) is 6.21. The van der Waals surface area contributed by atoms with Crippen LogP contribution in [-0.2, 0) is 21.8 Å². The molecule has 0 aliphatic carbocycles. The molecule has 2 aromatic carbocycles. The van der Waals surface area contributed by atoms with Crippen LogP contribution >= 0.6 is 23.1 Å². The number of amides is 2. The number of carbonyl (C=O) groups excluding carboxylic acids is 2. The molecule has 5 nitrogen and oxygen atoms in total. The zero-order valence-electron chi connectivity index (χ0n) is 15.7. The summed E-state index contributed by atoms with van der Waals surface area (Å²) in [6.07, 6.45) is 0.272. The molecule has 144 valence electrons. The van der Waals surface area contributed by atoms with Gasteiger partial charge >= 0.3 is 0 Å². The van der Waals surface area contributed by atoms with Crippen LogP contribution in [0.3, 0.4) is 0 Å². The Balaban J connectivity index is 1.49. The standard InChI is InChI=1S/C21H21N3O2S2/c1-14-3-5-17(6-4-14)23-20(26)11-21-24-18(13-28-21)12-27-19-9-7-16(8-10-19)22-15(2)25/h3-10,13H,11-12H2,1-2H3,(H,22,25)(H,23,26). The second-order valence-electron chi connectivity index (χ2n) is 6.32. The Hall–Kier alpha value is -2.64. The van der Waals surface area contributed by atoms with Gasteiger partial charge < -0.3 is 10.6 Å². The molecule has 3 aromatic rings. The molecule has 0 saturated carbocycles. The molecule has 0 spiro atoms. The molecule has 7 heteroatoms. The van der Waals surface area contributed by atoms with Crippen LogP contribution in [0.15, 0.2) is 58.8 Å². The van der Waals surface area contributed by atoms with E-state index in [1.54, 1.807) is 11.8 Å². The van der Waals surface area contributed by atoms with Crippen molar-refractivity contribution in [1.82, 2.24) is 4.98 Å². The zero-order chi connectivity index (χ0) is 19.9. The summed E-state index contributed by atoms with van der Waals surface area (Å²) in [6.45, 7) is 3.50. The first-order chi connectivity index (χ1) is 13.5. The van der Waals surface area contributed by atoms with Gasteiger partial charge in [0.2, 0.25) is 11.8 Å². The van der Waals surface area contributed by atoms with Crippen molar-refractivity contribution in [3.63, 3.8) is 0 Å². The fourth-order valence-corrected chi connectivity index (χ4v) is 4.16. The zero-order valence-corrected chi connectivity index (χ0v) is 17.3. The lowest BCUT2D eigenvalue weighted by Crippen LogP contribution is -2.14. The summed E-state index contributed by atoms with van der Waals surface area (Å²) in [4.78, 5) is 28.9. The summed E-state index contributed by atoms with van der Waals surface area (Å²) in [6, 6.07) is 15.4. The molecule has 3 rings (SSSR count). The molecule has 0 bridgehead atoms. The lowest BCUT2D eigenvalue weighted by atomic mass is 10.2. The van der Waals surface area contributed by atoms with Crippen LogP contribution in [0.4, 0.5) is 11.4 Å². The molecular weight excluding hydrogens is 390 g/mol. The third-order valence-electron chi connectivity index (χ3n) is 3.81. The van der Waals surface area contributed by atoms with E-state index in [2.05, 4.69) is 15.6 Å². The number of nitrogens with one attached hydrogen (secondary N) is 2. The summed E-state index contributed by atoms with van der Waals surface area (Å²) in [5.41, 5.74) is 3.70. The summed E-state index contributed by atoms with van der Waals surface area (Å²) in [7, 11) is 0. The highest BCUT2D eigenvalue weighted by molar-refractivity contribution is 7.98. The van der Waals surface area contributed by atoms with Crippen molar-refractivity contribution in [2.75, 3.05) is 10.6 Å². The topological polar surface area (TPSA) is 71.1 Å². The van der Waals surface area contributed by atoms with Gasteiger partial charge in [-0.05, 0) is 43.3 Å². The maximum atomic E-state index is 12.2. The number of benzene rings is 2. The highest BCUT2D eigenvalue weighted by Crippen LogP contribution is 2.25. The van der Waals surface area contributed by atoms with Gasteiger partial charge in [0.15, 0.2) is 0 Å². The van der Waals surface area contributed by atoms with E-state index in [4.69, 9.17) is 0 Å². The fourth-order valence-electron chi connectivity index (χ4n) is 2.47. The third-order valence-corrected chi connectivity index (χ3v) is 5.75. The average Bonchev–Trinajstić information content (AvgIpc) is 3.10. The molecule has 2 amide bonds. The predicted octanol–water partition coefficient (Wildman–Crippen LogP) is 4.88. The quantitative estimate of drug-likeness (QED) is 0.544. The number of aryl methyl sites for hydroxylation is 1.